The maximum absolute atomic E-state index is 13.9. The van der Waals surface area contributed by atoms with Crippen molar-refractivity contribution in [2.45, 2.75) is 67.9 Å². The Morgan fingerprint density at radius 3 is 2.36 bits per heavy atom. The summed E-state index contributed by atoms with van der Waals surface area (Å²) in [7, 11) is -2.54. The third-order valence-electron chi connectivity index (χ3n) is 7.88. The van der Waals surface area contributed by atoms with Gasteiger partial charge in [0.05, 0.1) is 50.0 Å². The molecule has 2 N–H and O–H groups in total. The van der Waals surface area contributed by atoms with Crippen LogP contribution in [0, 0.1) is 0 Å². The summed E-state index contributed by atoms with van der Waals surface area (Å²) < 4.78 is 51.1. The van der Waals surface area contributed by atoms with E-state index in [0.29, 0.717) is 51.3 Å². The van der Waals surface area contributed by atoms with Gasteiger partial charge in [-0.25, -0.2) is 13.2 Å². The van der Waals surface area contributed by atoms with Crippen molar-refractivity contribution in [3.8, 4) is 5.75 Å². The molecule has 2 aliphatic rings. The zero-order valence-corrected chi connectivity index (χ0v) is 25.1. The van der Waals surface area contributed by atoms with Crippen molar-refractivity contribution in [3.63, 3.8) is 0 Å². The molecule has 2 heterocycles. The summed E-state index contributed by atoms with van der Waals surface area (Å²) in [4.78, 5) is 13.9. The molecule has 232 valence electrons. The fraction of sp³-hybridized carbons (Fsp3) is 0.567. The largest absolute Gasteiger partial charge is 0.497 e. The highest BCUT2D eigenvalue weighted by Gasteiger charge is 2.39. The van der Waals surface area contributed by atoms with Crippen LogP contribution in [0.3, 0.4) is 0 Å². The normalized spacial score (nSPS) is 20.0. The zero-order chi connectivity index (χ0) is 30.2. The van der Waals surface area contributed by atoms with Gasteiger partial charge in [0.2, 0.25) is 10.0 Å². The van der Waals surface area contributed by atoms with Crippen LogP contribution in [0.15, 0.2) is 59.5 Å². The topological polar surface area (TPSA) is 135 Å². The Labute approximate surface area is 248 Å². The van der Waals surface area contributed by atoms with Gasteiger partial charge in [-0.05, 0) is 62.4 Å². The minimum absolute atomic E-state index is 0.0591. The number of hydrogen-bond donors (Lipinski definition) is 2. The molecule has 2 aliphatic heterocycles. The first-order valence-corrected chi connectivity index (χ1v) is 15.8. The lowest BCUT2D eigenvalue weighted by Gasteiger charge is -2.38. The summed E-state index contributed by atoms with van der Waals surface area (Å²) in [5.41, 5.74) is 0.834. The molecule has 4 rings (SSSR count). The highest BCUT2D eigenvalue weighted by molar-refractivity contribution is 7.89. The average molecular weight is 607 g/mol. The highest BCUT2D eigenvalue weighted by atomic mass is 32.2. The van der Waals surface area contributed by atoms with Gasteiger partial charge in [-0.3, -0.25) is 4.90 Å². The van der Waals surface area contributed by atoms with Crippen LogP contribution in [-0.4, -0.2) is 105 Å². The predicted molar refractivity (Wildman–Crippen MR) is 155 cm³/mol. The average Bonchev–Trinajstić information content (AvgIpc) is 3.67. The SMILES string of the molecule is COc1ccc(S(=O)(=O)N(CCCCC2(C)OCCO2)C[C@@H](O)[C@H](Cc2ccccc2)N(C(=O)O)[C@H]2CCOC2)cc1. The van der Waals surface area contributed by atoms with Gasteiger partial charge in [-0.2, -0.15) is 4.31 Å². The molecule has 11 nitrogen and oxygen atoms in total. The van der Waals surface area contributed by atoms with Crippen LogP contribution in [0.2, 0.25) is 0 Å². The highest BCUT2D eigenvalue weighted by Crippen LogP contribution is 2.27. The molecule has 0 spiro atoms. The second kappa shape index (κ2) is 14.6. The molecule has 12 heteroatoms. The Balaban J connectivity index is 1.59. The number of unbranched alkanes of at least 4 members (excludes halogenated alkanes) is 1. The summed E-state index contributed by atoms with van der Waals surface area (Å²) in [5, 5.41) is 21.9. The number of sulfonamides is 1. The summed E-state index contributed by atoms with van der Waals surface area (Å²) in [6.07, 6.45) is -0.0527. The molecule has 2 aromatic carbocycles. The van der Waals surface area contributed by atoms with E-state index in [4.69, 9.17) is 18.9 Å². The van der Waals surface area contributed by atoms with Crippen molar-refractivity contribution < 1.29 is 42.4 Å². The van der Waals surface area contributed by atoms with E-state index in [1.54, 1.807) is 12.1 Å². The van der Waals surface area contributed by atoms with Gasteiger partial charge in [-0.15, -0.1) is 0 Å². The molecule has 2 fully saturated rings. The molecule has 0 saturated carbocycles. The number of benzene rings is 2. The summed E-state index contributed by atoms with van der Waals surface area (Å²) in [5.74, 6) is -0.171. The van der Waals surface area contributed by atoms with Gasteiger partial charge in [0, 0.05) is 26.1 Å². The van der Waals surface area contributed by atoms with E-state index >= 15 is 0 Å². The Kier molecular flexibility index (Phi) is 11.2. The quantitative estimate of drug-likeness (QED) is 0.293. The van der Waals surface area contributed by atoms with Crippen LogP contribution in [0.1, 0.15) is 38.2 Å². The van der Waals surface area contributed by atoms with Crippen molar-refractivity contribution >= 4 is 16.1 Å². The van der Waals surface area contributed by atoms with E-state index in [2.05, 4.69) is 0 Å². The number of methoxy groups -OCH3 is 1. The van der Waals surface area contributed by atoms with Crippen molar-refractivity contribution in [3.05, 3.63) is 60.2 Å². The zero-order valence-electron chi connectivity index (χ0n) is 24.3. The summed E-state index contributed by atoms with van der Waals surface area (Å²) >= 11 is 0. The number of ether oxygens (including phenoxy) is 4. The maximum atomic E-state index is 13.9. The minimum Gasteiger partial charge on any atom is -0.497 e. The van der Waals surface area contributed by atoms with Crippen LogP contribution in [-0.2, 0) is 30.7 Å². The molecular weight excluding hydrogens is 564 g/mol. The Morgan fingerprint density at radius 2 is 1.76 bits per heavy atom. The number of rotatable bonds is 15. The van der Waals surface area contributed by atoms with Crippen LogP contribution in [0.5, 0.6) is 5.75 Å². The van der Waals surface area contributed by atoms with E-state index in [1.165, 1.54) is 28.4 Å². The monoisotopic (exact) mass is 606 g/mol. The molecule has 42 heavy (non-hydrogen) atoms. The van der Waals surface area contributed by atoms with Gasteiger partial charge < -0.3 is 29.2 Å². The van der Waals surface area contributed by atoms with E-state index < -0.39 is 40.1 Å². The lowest BCUT2D eigenvalue weighted by Crippen LogP contribution is -2.56. The van der Waals surface area contributed by atoms with Crippen molar-refractivity contribution in [2.75, 3.05) is 46.6 Å². The number of carbonyl (C=O) groups is 1. The van der Waals surface area contributed by atoms with Crippen LogP contribution in [0.25, 0.3) is 0 Å². The van der Waals surface area contributed by atoms with Gasteiger partial charge in [-0.1, -0.05) is 30.3 Å². The first kappa shape index (κ1) is 32.2. The molecule has 2 saturated heterocycles. The van der Waals surface area contributed by atoms with Crippen molar-refractivity contribution in [1.82, 2.24) is 9.21 Å². The molecule has 0 radical (unpaired) electrons. The standard InChI is InChI=1S/C30H42N2O9S/c1-30(40-18-19-41-30)15-6-7-16-31(42(36,37)26-12-10-25(38-2)11-13-26)21-28(33)27(20-23-8-4-3-5-9-23)32(29(34)35)24-14-17-39-22-24/h3-5,8-13,24,27-28,33H,6-7,14-22H2,1-2H3,(H,34,35)/t24-,27-,28+/m0/s1. The third-order valence-corrected chi connectivity index (χ3v) is 9.76. The summed E-state index contributed by atoms with van der Waals surface area (Å²) in [6.45, 7) is 3.41. The van der Waals surface area contributed by atoms with Gasteiger partial charge >= 0.3 is 6.09 Å². The summed E-state index contributed by atoms with van der Waals surface area (Å²) in [6, 6.07) is 14.0. The fourth-order valence-corrected chi connectivity index (χ4v) is 7.05. The first-order chi connectivity index (χ1) is 20.1. The molecule has 2 aromatic rings. The third kappa shape index (κ3) is 8.21. The Hall–Kier alpha value is -2.74. The molecule has 1 amide bonds. The lowest BCUT2D eigenvalue weighted by molar-refractivity contribution is -0.147. The maximum Gasteiger partial charge on any atom is 0.407 e. The van der Waals surface area contributed by atoms with Gasteiger partial charge in [0.1, 0.15) is 5.75 Å². The van der Waals surface area contributed by atoms with Crippen LogP contribution < -0.4 is 4.74 Å². The fourth-order valence-electron chi connectivity index (χ4n) is 5.56. The van der Waals surface area contributed by atoms with Gasteiger partial charge in [0.15, 0.2) is 5.79 Å². The number of aliphatic hydroxyl groups excluding tert-OH is 1. The molecule has 0 unspecified atom stereocenters. The predicted octanol–water partition coefficient (Wildman–Crippen LogP) is 3.36. The number of aliphatic hydroxyl groups is 1. The van der Waals surface area contributed by atoms with Crippen LogP contribution in [0.4, 0.5) is 4.79 Å². The molecule has 0 aromatic heterocycles. The van der Waals surface area contributed by atoms with E-state index in [-0.39, 0.29) is 31.0 Å². The smallest absolute Gasteiger partial charge is 0.407 e. The number of amides is 1. The molecule has 0 bridgehead atoms. The Bertz CT molecular complexity index is 1230. The molecular formula is C30H42N2O9S. The van der Waals surface area contributed by atoms with Crippen molar-refractivity contribution in [1.29, 1.82) is 0 Å². The molecule has 3 atom stereocenters. The first-order valence-electron chi connectivity index (χ1n) is 14.4. The van der Waals surface area contributed by atoms with E-state index in [1.807, 2.05) is 37.3 Å². The van der Waals surface area contributed by atoms with E-state index in [0.717, 1.165) is 5.56 Å². The lowest BCUT2D eigenvalue weighted by atomic mass is 9.97. The second-order valence-electron chi connectivity index (χ2n) is 10.9. The number of nitrogens with zero attached hydrogens (tertiary/aromatic N) is 2. The van der Waals surface area contributed by atoms with E-state index in [9.17, 15) is 23.4 Å². The minimum atomic E-state index is -4.04. The second-order valence-corrected chi connectivity index (χ2v) is 12.8. The number of carboxylic acid groups (broad SMARTS) is 1. The van der Waals surface area contributed by atoms with Crippen LogP contribution >= 0.6 is 0 Å². The van der Waals surface area contributed by atoms with Gasteiger partial charge in [0.25, 0.3) is 0 Å². The number of hydrogen-bond acceptors (Lipinski definition) is 8. The Morgan fingerprint density at radius 1 is 1.07 bits per heavy atom. The molecule has 0 aliphatic carbocycles. The van der Waals surface area contributed by atoms with Crippen molar-refractivity contribution in [2.24, 2.45) is 0 Å².